The maximum Gasteiger partial charge on any atom is 0.346 e. The highest BCUT2D eigenvalue weighted by Gasteiger charge is 2.06. The smallest absolute Gasteiger partial charge is 0.346 e. The van der Waals surface area contributed by atoms with Crippen molar-refractivity contribution in [1.29, 1.82) is 0 Å². The molecule has 20 heavy (non-hydrogen) atoms. The van der Waals surface area contributed by atoms with Gasteiger partial charge in [0.25, 0.3) is 0 Å². The van der Waals surface area contributed by atoms with Crippen LogP contribution in [0.3, 0.4) is 0 Å². The largest absolute Gasteiger partial charge is 0.484 e. The quantitative estimate of drug-likeness (QED) is 0.740. The molecule has 0 aliphatic heterocycles. The number of hydrogen-bond acceptors (Lipinski definition) is 4. The molecule has 0 atom stereocenters. The lowest BCUT2D eigenvalue weighted by Gasteiger charge is -2.05. The molecule has 100 valence electrons. The first-order valence-corrected chi connectivity index (χ1v) is 6.37. The predicted octanol–water partition coefficient (Wildman–Crippen LogP) is 3.42. The summed E-state index contributed by atoms with van der Waals surface area (Å²) >= 11 is 5.79. The van der Waals surface area contributed by atoms with E-state index >= 15 is 0 Å². The Hall–Kier alpha value is -2.33. The van der Waals surface area contributed by atoms with Gasteiger partial charge in [-0.15, -0.1) is 0 Å². The predicted molar refractivity (Wildman–Crippen MR) is 76.1 cm³/mol. The summed E-state index contributed by atoms with van der Waals surface area (Å²) in [5.41, 5.74) is 0.184. The molecule has 0 N–H and O–H groups in total. The lowest BCUT2D eigenvalue weighted by molar-refractivity contribution is 0.253. The third kappa shape index (κ3) is 2.65. The van der Waals surface area contributed by atoms with Crippen LogP contribution >= 0.6 is 11.6 Å². The Bertz CT molecular complexity index is 796. The number of fused-ring (bicyclic) bond motifs is 1. The van der Waals surface area contributed by atoms with Crippen molar-refractivity contribution in [2.75, 3.05) is 0 Å². The van der Waals surface area contributed by atoms with Crippen LogP contribution in [-0.2, 0) is 6.61 Å². The van der Waals surface area contributed by atoms with Gasteiger partial charge >= 0.3 is 5.63 Å². The van der Waals surface area contributed by atoms with Gasteiger partial charge in [0.2, 0.25) is 5.89 Å². The fourth-order valence-electron chi connectivity index (χ4n) is 1.80. The Morgan fingerprint density at radius 2 is 1.85 bits per heavy atom. The van der Waals surface area contributed by atoms with E-state index in [0.29, 0.717) is 21.7 Å². The first-order valence-electron chi connectivity index (χ1n) is 5.99. The van der Waals surface area contributed by atoms with Crippen molar-refractivity contribution >= 4 is 22.5 Å². The normalized spacial score (nSPS) is 10.7. The molecule has 1 aromatic heterocycles. The van der Waals surface area contributed by atoms with Crippen molar-refractivity contribution in [1.82, 2.24) is 4.98 Å². The standard InChI is InChI=1S/C15H10ClNO3/c16-10-5-7-11(8-6-10)19-9-14-17-13-4-2-1-3-12(13)15(18)20-14/h1-8H,9H2. The molecule has 0 saturated carbocycles. The zero-order valence-electron chi connectivity index (χ0n) is 10.4. The molecule has 0 unspecified atom stereocenters. The second-order valence-corrected chi connectivity index (χ2v) is 4.59. The van der Waals surface area contributed by atoms with E-state index in [-0.39, 0.29) is 12.5 Å². The fraction of sp³-hybridized carbons (Fsp3) is 0.0667. The van der Waals surface area contributed by atoms with Crippen LogP contribution in [0.25, 0.3) is 10.9 Å². The molecule has 5 heteroatoms. The Kier molecular flexibility index (Phi) is 3.39. The fourth-order valence-corrected chi connectivity index (χ4v) is 1.93. The third-order valence-electron chi connectivity index (χ3n) is 2.76. The maximum absolute atomic E-state index is 11.8. The molecule has 2 aromatic carbocycles. The molecule has 0 aliphatic rings. The SMILES string of the molecule is O=c1oc(COc2ccc(Cl)cc2)nc2ccccc12. The van der Waals surface area contributed by atoms with Gasteiger partial charge in [-0.05, 0) is 36.4 Å². The summed E-state index contributed by atoms with van der Waals surface area (Å²) < 4.78 is 10.6. The number of rotatable bonds is 3. The van der Waals surface area contributed by atoms with Crippen molar-refractivity contribution in [3.05, 3.63) is 69.9 Å². The van der Waals surface area contributed by atoms with E-state index in [1.165, 1.54) is 0 Å². The summed E-state index contributed by atoms with van der Waals surface area (Å²) in [6, 6.07) is 13.9. The molecule has 0 amide bonds. The first kappa shape index (κ1) is 12.7. The Morgan fingerprint density at radius 1 is 1.10 bits per heavy atom. The van der Waals surface area contributed by atoms with E-state index < -0.39 is 5.63 Å². The number of halogens is 1. The van der Waals surface area contributed by atoms with Crippen LogP contribution in [0, 0.1) is 0 Å². The highest BCUT2D eigenvalue weighted by molar-refractivity contribution is 6.30. The number of para-hydroxylation sites is 1. The van der Waals surface area contributed by atoms with E-state index in [2.05, 4.69) is 4.98 Å². The average Bonchev–Trinajstić information content (AvgIpc) is 2.47. The Labute approximate surface area is 119 Å². The van der Waals surface area contributed by atoms with Gasteiger partial charge in [-0.1, -0.05) is 23.7 Å². The minimum absolute atomic E-state index is 0.0850. The lowest BCUT2D eigenvalue weighted by Crippen LogP contribution is -2.07. The summed E-state index contributed by atoms with van der Waals surface area (Å²) in [6.07, 6.45) is 0. The minimum Gasteiger partial charge on any atom is -0.484 e. The molecule has 0 aliphatic carbocycles. The van der Waals surface area contributed by atoms with Gasteiger partial charge in [0.05, 0.1) is 10.9 Å². The van der Waals surface area contributed by atoms with Crippen LogP contribution in [0.1, 0.15) is 5.89 Å². The van der Waals surface area contributed by atoms with Crippen LogP contribution in [0.4, 0.5) is 0 Å². The van der Waals surface area contributed by atoms with Crippen LogP contribution < -0.4 is 10.4 Å². The van der Waals surface area contributed by atoms with Crippen molar-refractivity contribution in [3.8, 4) is 5.75 Å². The average molecular weight is 288 g/mol. The maximum atomic E-state index is 11.8. The molecule has 4 nitrogen and oxygen atoms in total. The minimum atomic E-state index is -0.412. The monoisotopic (exact) mass is 287 g/mol. The summed E-state index contributed by atoms with van der Waals surface area (Å²) in [6.45, 7) is 0.0850. The Morgan fingerprint density at radius 3 is 2.65 bits per heavy atom. The molecule has 1 heterocycles. The van der Waals surface area contributed by atoms with Gasteiger partial charge in [0, 0.05) is 5.02 Å². The van der Waals surface area contributed by atoms with Gasteiger partial charge in [-0.2, -0.15) is 0 Å². The number of nitrogens with zero attached hydrogens (tertiary/aromatic N) is 1. The van der Waals surface area contributed by atoms with Crippen molar-refractivity contribution in [2.45, 2.75) is 6.61 Å². The van der Waals surface area contributed by atoms with E-state index in [0.717, 1.165) is 0 Å². The van der Waals surface area contributed by atoms with Crippen LogP contribution in [0.5, 0.6) is 5.75 Å². The molecule has 0 fully saturated rings. The van der Waals surface area contributed by atoms with Crippen molar-refractivity contribution < 1.29 is 9.15 Å². The van der Waals surface area contributed by atoms with E-state index in [4.69, 9.17) is 20.8 Å². The molecule has 0 spiro atoms. The zero-order chi connectivity index (χ0) is 13.9. The van der Waals surface area contributed by atoms with Crippen molar-refractivity contribution in [2.24, 2.45) is 0 Å². The molecule has 3 rings (SSSR count). The van der Waals surface area contributed by atoms with Gasteiger partial charge in [0.1, 0.15) is 5.75 Å². The van der Waals surface area contributed by atoms with Crippen LogP contribution in [0.15, 0.2) is 57.7 Å². The van der Waals surface area contributed by atoms with Gasteiger partial charge in [-0.25, -0.2) is 9.78 Å². The van der Waals surface area contributed by atoms with E-state index in [9.17, 15) is 4.79 Å². The summed E-state index contributed by atoms with van der Waals surface area (Å²) in [4.78, 5) is 16.0. The zero-order valence-corrected chi connectivity index (χ0v) is 11.1. The summed E-state index contributed by atoms with van der Waals surface area (Å²) in [7, 11) is 0. The van der Waals surface area contributed by atoms with E-state index in [1.54, 1.807) is 42.5 Å². The molecule has 0 saturated heterocycles. The second-order valence-electron chi connectivity index (χ2n) is 4.15. The highest BCUT2D eigenvalue weighted by Crippen LogP contribution is 2.16. The summed E-state index contributed by atoms with van der Waals surface area (Å²) in [5.74, 6) is 0.871. The number of aromatic nitrogens is 1. The topological polar surface area (TPSA) is 52.3 Å². The molecule has 0 bridgehead atoms. The number of hydrogen-bond donors (Lipinski definition) is 0. The first-order chi connectivity index (χ1) is 9.72. The van der Waals surface area contributed by atoms with Crippen LogP contribution in [0.2, 0.25) is 5.02 Å². The van der Waals surface area contributed by atoms with Gasteiger partial charge < -0.3 is 9.15 Å². The number of ether oxygens (including phenoxy) is 1. The Balaban J connectivity index is 1.84. The number of benzene rings is 2. The highest BCUT2D eigenvalue weighted by atomic mass is 35.5. The van der Waals surface area contributed by atoms with Crippen LogP contribution in [-0.4, -0.2) is 4.98 Å². The van der Waals surface area contributed by atoms with Gasteiger partial charge in [-0.3, -0.25) is 0 Å². The van der Waals surface area contributed by atoms with Gasteiger partial charge in [0.15, 0.2) is 6.61 Å². The lowest BCUT2D eigenvalue weighted by atomic mass is 10.2. The molecule has 3 aromatic rings. The van der Waals surface area contributed by atoms with E-state index in [1.807, 2.05) is 6.07 Å². The molecular weight excluding hydrogens is 278 g/mol. The molecular formula is C15H10ClNO3. The summed E-state index contributed by atoms with van der Waals surface area (Å²) in [5, 5.41) is 1.09. The second kappa shape index (κ2) is 5.35. The third-order valence-corrected chi connectivity index (χ3v) is 3.01. The van der Waals surface area contributed by atoms with Crippen molar-refractivity contribution in [3.63, 3.8) is 0 Å². The molecule has 0 radical (unpaired) electrons.